The van der Waals surface area contributed by atoms with Crippen LogP contribution in [0.1, 0.15) is 143 Å². The number of fused-ring (bicyclic) bond motifs is 8. The third-order valence-electron chi connectivity index (χ3n) is 15.4. The smallest absolute Gasteiger partial charge is 0.255 e. The van der Waals surface area contributed by atoms with Gasteiger partial charge in [-0.2, -0.15) is 0 Å². The Morgan fingerprint density at radius 1 is 0.388 bits per heavy atom. The fraction of sp³-hybridized carbons (Fsp3) is 0.290. The van der Waals surface area contributed by atoms with E-state index in [2.05, 4.69) is 150 Å². The van der Waals surface area contributed by atoms with Gasteiger partial charge in [-0.05, 0) is 114 Å². The Morgan fingerprint density at radius 2 is 0.700 bits per heavy atom. The minimum atomic E-state index is -0.239. The third kappa shape index (κ3) is 13.6. The highest BCUT2D eigenvalue weighted by atomic mass is 16.2. The Hall–Kier alpha value is -8.57. The number of benzene rings is 2. The molecule has 0 saturated carbocycles. The first-order chi connectivity index (χ1) is 39.2. The summed E-state index contributed by atoms with van der Waals surface area (Å²) in [5.41, 5.74) is 16.6. The number of hydrogen-bond acceptors (Lipinski definition) is 4. The minimum Gasteiger partial charge on any atom is -0.354 e. The van der Waals surface area contributed by atoms with Crippen LogP contribution in [0.3, 0.4) is 0 Å². The predicted molar refractivity (Wildman–Crippen MR) is 327 cm³/mol. The summed E-state index contributed by atoms with van der Waals surface area (Å²) in [6.07, 6.45) is 40.7. The highest BCUT2D eigenvalue weighted by Crippen LogP contribution is 2.38. The van der Waals surface area contributed by atoms with E-state index in [1.165, 1.54) is 83.5 Å². The Balaban J connectivity index is 0.892. The number of H-pyrrole nitrogens is 2. The summed E-state index contributed by atoms with van der Waals surface area (Å²) in [7, 11) is 6.07. The molecule has 2 aromatic carbocycles. The van der Waals surface area contributed by atoms with Crippen molar-refractivity contribution in [2.24, 2.45) is 21.1 Å². The fourth-order valence-electron chi connectivity index (χ4n) is 10.9. The fourth-order valence-corrected chi connectivity index (χ4v) is 10.9. The first-order valence-electron chi connectivity index (χ1n) is 29.0. The van der Waals surface area contributed by atoms with Crippen molar-refractivity contribution in [3.63, 3.8) is 0 Å². The molecule has 406 valence electrons. The number of nitrogens with zero attached hydrogens (tertiary/aromatic N) is 5. The van der Waals surface area contributed by atoms with Crippen LogP contribution < -0.4 is 24.3 Å². The van der Waals surface area contributed by atoms with Gasteiger partial charge in [0.1, 0.15) is 21.1 Å². The average molecular weight is 1060 g/mol. The lowest BCUT2D eigenvalue weighted by Crippen LogP contribution is -2.25. The lowest BCUT2D eigenvalue weighted by Gasteiger charge is -2.09. The molecule has 2 aliphatic rings. The van der Waals surface area contributed by atoms with E-state index in [4.69, 9.17) is 9.97 Å². The molecule has 8 heterocycles. The number of unbranched alkanes of at least 4 members (excludes halogenated alkanes) is 14. The summed E-state index contributed by atoms with van der Waals surface area (Å²) in [6, 6.07) is 36.3. The highest BCUT2D eigenvalue weighted by Gasteiger charge is 2.20. The van der Waals surface area contributed by atoms with Crippen LogP contribution in [-0.4, -0.2) is 31.8 Å². The van der Waals surface area contributed by atoms with E-state index in [9.17, 15) is 9.59 Å². The molecular formula is C69H76N9O2+3. The van der Waals surface area contributed by atoms with Crippen molar-refractivity contribution in [2.45, 2.75) is 110 Å². The van der Waals surface area contributed by atoms with Gasteiger partial charge in [0.15, 0.2) is 37.2 Å². The zero-order valence-corrected chi connectivity index (χ0v) is 47.0. The molecule has 6 aromatic heterocycles. The molecule has 0 atom stereocenters. The maximum absolute atomic E-state index is 13.7. The summed E-state index contributed by atoms with van der Waals surface area (Å²) in [5.74, 6) is -0.232. The predicted octanol–water partition coefficient (Wildman–Crippen LogP) is 15.2. The number of carbonyl (C=O) groups is 2. The van der Waals surface area contributed by atoms with E-state index in [1.807, 2.05) is 59.1 Å². The molecular weight excluding hydrogens is 987 g/mol. The molecule has 8 bridgehead atoms. The van der Waals surface area contributed by atoms with Gasteiger partial charge in [-0.15, -0.1) is 0 Å². The quantitative estimate of drug-likeness (QED) is 0.0376. The highest BCUT2D eigenvalue weighted by molar-refractivity contribution is 6.05. The minimum absolute atomic E-state index is 0.00700. The van der Waals surface area contributed by atoms with Gasteiger partial charge in [0.25, 0.3) is 5.91 Å². The standard InChI is InChI=1S/C69H73N9O2/c1-5-6-7-8-9-10-11-12-13-14-15-16-17-18-19-20-64(79)70-54-27-23-53(24-28-54)69(80)71-55-25-21-49(22-26-55)65-56-29-31-58(72-56)66(50-37-43-76(2)44-38-50)60-33-35-62(74-60)68(52-41-47-78(4)48-42-52)63-36-34-61(75-63)67(59-32-30-57(65)73-59)51-39-45-77(3)46-40-51/h21-48H,5-20H2,1-4H3,(H-2,70,71,72,73,74,75,79,80)/p+3. The molecule has 0 spiro atoms. The molecule has 0 radical (unpaired) electrons. The van der Waals surface area contributed by atoms with Crippen molar-refractivity contribution in [1.82, 2.24) is 19.9 Å². The molecule has 0 fully saturated rings. The Kier molecular flexibility index (Phi) is 18.1. The van der Waals surface area contributed by atoms with Crippen molar-refractivity contribution in [3.05, 3.63) is 175 Å². The molecule has 11 nitrogen and oxygen atoms in total. The lowest BCUT2D eigenvalue weighted by molar-refractivity contribution is -0.671. The third-order valence-corrected chi connectivity index (χ3v) is 15.4. The second-order valence-electron chi connectivity index (χ2n) is 21.6. The van der Waals surface area contributed by atoms with Crippen molar-refractivity contribution >= 4 is 69.6 Å². The second-order valence-corrected chi connectivity index (χ2v) is 21.6. The number of aryl methyl sites for hydroxylation is 3. The number of aromatic amines is 2. The number of nitrogens with one attached hydrogen (secondary N) is 4. The van der Waals surface area contributed by atoms with Gasteiger partial charge in [0.2, 0.25) is 5.91 Å². The molecule has 0 saturated heterocycles. The zero-order chi connectivity index (χ0) is 55.2. The van der Waals surface area contributed by atoms with Gasteiger partial charge in [0, 0.05) is 104 Å². The summed E-state index contributed by atoms with van der Waals surface area (Å²) < 4.78 is 6.10. The van der Waals surface area contributed by atoms with Gasteiger partial charge in [-0.25, -0.2) is 23.7 Å². The van der Waals surface area contributed by atoms with Gasteiger partial charge >= 0.3 is 0 Å². The van der Waals surface area contributed by atoms with Crippen LogP contribution in [-0.2, 0) is 25.9 Å². The number of carbonyl (C=O) groups excluding carboxylic acids is 2. The molecule has 2 amide bonds. The number of hydrogen-bond donors (Lipinski definition) is 4. The van der Waals surface area contributed by atoms with Crippen LogP contribution >= 0.6 is 0 Å². The molecule has 11 heteroatoms. The molecule has 80 heavy (non-hydrogen) atoms. The van der Waals surface area contributed by atoms with Crippen LogP contribution in [0.15, 0.2) is 146 Å². The van der Waals surface area contributed by atoms with Gasteiger partial charge in [-0.1, -0.05) is 109 Å². The number of aromatic nitrogens is 7. The van der Waals surface area contributed by atoms with E-state index < -0.39 is 0 Å². The Bertz CT molecular complexity index is 3620. The second kappa shape index (κ2) is 26.4. The van der Waals surface area contributed by atoms with E-state index >= 15 is 0 Å². The average Bonchev–Trinajstić information content (AvgIpc) is 4.37. The number of amides is 2. The number of anilines is 2. The summed E-state index contributed by atoms with van der Waals surface area (Å²) in [5, 5.41) is 6.11. The number of rotatable bonds is 23. The van der Waals surface area contributed by atoms with Crippen LogP contribution in [0.5, 0.6) is 0 Å². The Labute approximate surface area is 471 Å². The molecule has 8 aromatic rings. The molecule has 0 aliphatic carbocycles. The van der Waals surface area contributed by atoms with Crippen LogP contribution in [0, 0.1) is 0 Å². The maximum Gasteiger partial charge on any atom is 0.255 e. The summed E-state index contributed by atoms with van der Waals surface area (Å²) in [6.45, 7) is 2.28. The molecule has 2 aliphatic heterocycles. The van der Waals surface area contributed by atoms with Crippen molar-refractivity contribution in [3.8, 4) is 44.5 Å². The number of pyridine rings is 3. The van der Waals surface area contributed by atoms with Crippen LogP contribution in [0.2, 0.25) is 0 Å². The van der Waals surface area contributed by atoms with E-state index in [0.29, 0.717) is 23.4 Å². The van der Waals surface area contributed by atoms with E-state index in [0.717, 1.165) is 102 Å². The zero-order valence-electron chi connectivity index (χ0n) is 47.0. The van der Waals surface area contributed by atoms with Gasteiger partial charge in [0.05, 0.1) is 22.8 Å². The summed E-state index contributed by atoms with van der Waals surface area (Å²) in [4.78, 5) is 45.1. The van der Waals surface area contributed by atoms with Crippen molar-refractivity contribution < 1.29 is 23.3 Å². The first-order valence-corrected chi connectivity index (χ1v) is 29.0. The Morgan fingerprint density at radius 3 is 1.06 bits per heavy atom. The first kappa shape index (κ1) is 54.8. The molecule has 4 N–H and O–H groups in total. The van der Waals surface area contributed by atoms with E-state index in [1.54, 1.807) is 24.3 Å². The summed E-state index contributed by atoms with van der Waals surface area (Å²) >= 11 is 0. The van der Waals surface area contributed by atoms with Crippen molar-refractivity contribution in [2.75, 3.05) is 10.6 Å². The molecule has 0 unspecified atom stereocenters. The molecule has 10 rings (SSSR count). The van der Waals surface area contributed by atoms with E-state index in [-0.39, 0.29) is 11.8 Å². The van der Waals surface area contributed by atoms with Crippen LogP contribution in [0.25, 0.3) is 90.9 Å². The maximum atomic E-state index is 13.7. The van der Waals surface area contributed by atoms with Gasteiger partial charge in [-0.3, -0.25) is 9.59 Å². The monoisotopic (exact) mass is 1060 g/mol. The van der Waals surface area contributed by atoms with Crippen LogP contribution in [0.4, 0.5) is 11.4 Å². The largest absolute Gasteiger partial charge is 0.354 e. The normalized spacial score (nSPS) is 11.8. The van der Waals surface area contributed by atoms with Crippen molar-refractivity contribution in [1.29, 1.82) is 0 Å². The topological polar surface area (TPSA) is 127 Å². The van der Waals surface area contributed by atoms with Gasteiger partial charge < -0.3 is 20.6 Å². The SMILES string of the molecule is CCCCCCCCCCCCCCCCCC(=O)Nc1ccc(C(=O)Nc2ccc(-c3c4nc(c(-c5cc[n+](C)cc5)c5ccc([nH]5)c(-c5cc[n+](C)cc5)c5nc(c(-c6cc[n+](C)cc6)c6ccc3[nH]6)C=C5)C=C4)cc2)cc1. The lowest BCUT2D eigenvalue weighted by atomic mass is 10.0.